The summed E-state index contributed by atoms with van der Waals surface area (Å²) < 4.78 is 81.3. The van der Waals surface area contributed by atoms with E-state index in [0.29, 0.717) is 15.9 Å². The fourth-order valence-corrected chi connectivity index (χ4v) is 5.22. The van der Waals surface area contributed by atoms with Crippen LogP contribution in [0.2, 0.25) is 5.02 Å². The molecule has 0 spiro atoms. The van der Waals surface area contributed by atoms with Crippen LogP contribution in [-0.2, 0) is 38.8 Å². The summed E-state index contributed by atoms with van der Waals surface area (Å²) in [5.74, 6) is -2.17. The molecule has 0 radical (unpaired) electrons. The third-order valence-corrected chi connectivity index (χ3v) is 7.61. The first-order valence-electron chi connectivity index (χ1n) is 12.4. The number of carbonyl (C=O) groups excluding carboxylic acids is 2. The molecule has 7 nitrogen and oxygen atoms in total. The minimum atomic E-state index is -4.89. The molecule has 0 saturated carbocycles. The maximum atomic E-state index is 14.7. The molecule has 0 aliphatic carbocycles. The van der Waals surface area contributed by atoms with Crippen LogP contribution in [0.5, 0.6) is 0 Å². The Labute approximate surface area is 240 Å². The Morgan fingerprint density at radius 3 is 2.22 bits per heavy atom. The van der Waals surface area contributed by atoms with Crippen molar-refractivity contribution >= 4 is 39.1 Å². The van der Waals surface area contributed by atoms with Gasteiger partial charge >= 0.3 is 6.18 Å². The van der Waals surface area contributed by atoms with Gasteiger partial charge in [0.15, 0.2) is 0 Å². The molecule has 220 valence electrons. The van der Waals surface area contributed by atoms with Crippen LogP contribution in [0.3, 0.4) is 0 Å². The van der Waals surface area contributed by atoms with E-state index >= 15 is 0 Å². The molecule has 41 heavy (non-hydrogen) atoms. The first-order valence-corrected chi connectivity index (χ1v) is 14.6. The Bertz CT molecular complexity index is 1490. The van der Waals surface area contributed by atoms with Crippen molar-refractivity contribution in [3.8, 4) is 0 Å². The lowest BCUT2D eigenvalue weighted by molar-refractivity contribution is -0.140. The Balaban J connectivity index is 2.09. The largest absolute Gasteiger partial charge is 0.417 e. The van der Waals surface area contributed by atoms with E-state index in [4.69, 9.17) is 11.6 Å². The second-order valence-corrected chi connectivity index (χ2v) is 11.5. The molecule has 0 heterocycles. The number of nitrogens with one attached hydrogen (secondary N) is 1. The van der Waals surface area contributed by atoms with Gasteiger partial charge in [0, 0.05) is 25.1 Å². The molecule has 13 heteroatoms. The first-order chi connectivity index (χ1) is 19.2. The Morgan fingerprint density at radius 1 is 1.00 bits per heavy atom. The van der Waals surface area contributed by atoms with Gasteiger partial charge in [-0.15, -0.1) is 0 Å². The number of amides is 2. The summed E-state index contributed by atoms with van der Waals surface area (Å²) in [5.41, 5.74) is -1.02. The van der Waals surface area contributed by atoms with Crippen LogP contribution in [0.4, 0.5) is 23.2 Å². The topological polar surface area (TPSA) is 86.8 Å². The summed E-state index contributed by atoms with van der Waals surface area (Å²) in [6.45, 7) is 0.514. The van der Waals surface area contributed by atoms with E-state index in [1.54, 1.807) is 37.3 Å². The zero-order chi connectivity index (χ0) is 30.4. The Kier molecular flexibility index (Phi) is 10.4. The molecule has 3 rings (SSSR count). The van der Waals surface area contributed by atoms with Crippen molar-refractivity contribution in [2.24, 2.45) is 0 Å². The number of halogens is 5. The normalized spacial score (nSPS) is 12.5. The average molecular weight is 614 g/mol. The highest BCUT2D eigenvalue weighted by atomic mass is 35.5. The summed E-state index contributed by atoms with van der Waals surface area (Å²) in [7, 11) is -4.32. The smallest absolute Gasteiger partial charge is 0.355 e. The predicted octanol–water partition coefficient (Wildman–Crippen LogP) is 5.04. The summed E-state index contributed by atoms with van der Waals surface area (Å²) >= 11 is 5.70. The van der Waals surface area contributed by atoms with Gasteiger partial charge < -0.3 is 10.2 Å². The van der Waals surface area contributed by atoms with Gasteiger partial charge in [-0.05, 0) is 36.8 Å². The molecule has 0 bridgehead atoms. The maximum Gasteiger partial charge on any atom is 0.417 e. The van der Waals surface area contributed by atoms with E-state index in [0.717, 1.165) is 23.3 Å². The molecule has 3 aromatic carbocycles. The van der Waals surface area contributed by atoms with E-state index in [1.165, 1.54) is 24.3 Å². The summed E-state index contributed by atoms with van der Waals surface area (Å²) in [5, 5.41) is 2.00. The van der Waals surface area contributed by atoms with Crippen LogP contribution < -0.4 is 9.62 Å². The number of hydrogen-bond acceptors (Lipinski definition) is 4. The second-order valence-electron chi connectivity index (χ2n) is 9.14. The fourth-order valence-electron chi connectivity index (χ4n) is 4.16. The van der Waals surface area contributed by atoms with Crippen molar-refractivity contribution in [1.82, 2.24) is 10.2 Å². The lowest BCUT2D eigenvalue weighted by atomic mass is 10.0. The van der Waals surface area contributed by atoms with E-state index in [9.17, 15) is 35.6 Å². The molecule has 0 aliphatic heterocycles. The number of likely N-dealkylation sites (N-methyl/N-ethyl adjacent to an activating group) is 1. The minimum Gasteiger partial charge on any atom is -0.355 e. The van der Waals surface area contributed by atoms with Gasteiger partial charge in [-0.1, -0.05) is 60.1 Å². The maximum absolute atomic E-state index is 14.7. The zero-order valence-electron chi connectivity index (χ0n) is 22.2. The van der Waals surface area contributed by atoms with E-state index in [2.05, 4.69) is 5.32 Å². The molecule has 1 unspecified atom stereocenters. The van der Waals surface area contributed by atoms with Gasteiger partial charge in [0.25, 0.3) is 0 Å². The third-order valence-electron chi connectivity index (χ3n) is 6.14. The van der Waals surface area contributed by atoms with E-state index < -0.39 is 69.2 Å². The Hall–Kier alpha value is -3.64. The van der Waals surface area contributed by atoms with Crippen molar-refractivity contribution in [2.75, 3.05) is 23.7 Å². The SMILES string of the molecule is CCNC(=O)C(Cc1ccccc1)N(Cc1ccccc1F)C(=O)CN(c1ccc(Cl)c(C(F)(F)F)c1)S(C)(=O)=O. The standard InChI is InChI=1S/C28H28ClF4N3O4S/c1-3-34-27(38)25(15-19-9-5-4-6-10-19)35(17-20-11-7-8-12-24(20)30)26(37)18-36(41(2,39)40)21-13-14-23(29)22(16-21)28(31,32)33/h4-14,16,25H,3,15,17-18H2,1-2H3,(H,34,38). The number of carbonyl (C=O) groups is 2. The lowest BCUT2D eigenvalue weighted by Crippen LogP contribution is -2.53. The molecular formula is C28H28ClF4N3O4S. The molecular weight excluding hydrogens is 586 g/mol. The van der Waals surface area contributed by atoms with Gasteiger partial charge in [0.05, 0.1) is 22.5 Å². The molecule has 0 fully saturated rings. The number of hydrogen-bond donors (Lipinski definition) is 1. The van der Waals surface area contributed by atoms with E-state index in [1.807, 2.05) is 0 Å². The highest BCUT2D eigenvalue weighted by molar-refractivity contribution is 7.92. The number of nitrogens with zero attached hydrogens (tertiary/aromatic N) is 2. The van der Waals surface area contributed by atoms with Gasteiger partial charge in [0.2, 0.25) is 21.8 Å². The molecule has 0 aromatic heterocycles. The minimum absolute atomic E-state index is 0.00487. The average Bonchev–Trinajstić information content (AvgIpc) is 2.90. The van der Waals surface area contributed by atoms with Crippen molar-refractivity contribution < 1.29 is 35.6 Å². The quantitative estimate of drug-likeness (QED) is 0.307. The first kappa shape index (κ1) is 31.9. The molecule has 0 saturated heterocycles. The summed E-state index contributed by atoms with van der Waals surface area (Å²) in [6.07, 6.45) is -4.16. The molecule has 3 aromatic rings. The van der Waals surface area contributed by atoms with Crippen molar-refractivity contribution in [3.05, 3.63) is 100 Å². The van der Waals surface area contributed by atoms with Gasteiger partial charge in [-0.2, -0.15) is 13.2 Å². The van der Waals surface area contributed by atoms with Crippen LogP contribution >= 0.6 is 11.6 Å². The number of anilines is 1. The molecule has 0 aliphatic rings. The number of benzene rings is 3. The molecule has 2 amide bonds. The van der Waals surface area contributed by atoms with Gasteiger partial charge in [-0.25, -0.2) is 12.8 Å². The number of rotatable bonds is 11. The van der Waals surface area contributed by atoms with Crippen LogP contribution in [0.15, 0.2) is 72.8 Å². The molecule has 1 atom stereocenters. The monoisotopic (exact) mass is 613 g/mol. The Morgan fingerprint density at radius 2 is 1.63 bits per heavy atom. The van der Waals surface area contributed by atoms with Crippen LogP contribution in [0, 0.1) is 5.82 Å². The second kappa shape index (κ2) is 13.3. The van der Waals surface area contributed by atoms with Crippen molar-refractivity contribution in [1.29, 1.82) is 0 Å². The van der Waals surface area contributed by atoms with Crippen LogP contribution in [-0.4, -0.2) is 50.5 Å². The summed E-state index contributed by atoms with van der Waals surface area (Å²) in [6, 6.07) is 15.5. The zero-order valence-corrected chi connectivity index (χ0v) is 23.7. The van der Waals surface area contributed by atoms with Gasteiger partial charge in [0.1, 0.15) is 18.4 Å². The van der Waals surface area contributed by atoms with E-state index in [-0.39, 0.29) is 18.5 Å². The van der Waals surface area contributed by atoms with Crippen LogP contribution in [0.1, 0.15) is 23.6 Å². The fraction of sp³-hybridized carbons (Fsp3) is 0.286. The molecule has 1 N–H and O–H groups in total. The predicted molar refractivity (Wildman–Crippen MR) is 148 cm³/mol. The summed E-state index contributed by atoms with van der Waals surface area (Å²) in [4.78, 5) is 28.1. The highest BCUT2D eigenvalue weighted by Gasteiger charge is 2.36. The lowest BCUT2D eigenvalue weighted by Gasteiger charge is -2.33. The van der Waals surface area contributed by atoms with Gasteiger partial charge in [-0.3, -0.25) is 13.9 Å². The number of alkyl halides is 3. The van der Waals surface area contributed by atoms with Crippen molar-refractivity contribution in [3.63, 3.8) is 0 Å². The van der Waals surface area contributed by atoms with Crippen molar-refractivity contribution in [2.45, 2.75) is 32.1 Å². The highest BCUT2D eigenvalue weighted by Crippen LogP contribution is 2.37. The number of sulfonamides is 1. The third kappa shape index (κ3) is 8.43. The van der Waals surface area contributed by atoms with Crippen LogP contribution in [0.25, 0.3) is 0 Å².